The summed E-state index contributed by atoms with van der Waals surface area (Å²) in [6.45, 7) is 6.31. The van der Waals surface area contributed by atoms with Crippen molar-refractivity contribution in [2.24, 2.45) is 0 Å². The molecule has 1 aliphatic heterocycles. The average Bonchev–Trinajstić information content (AvgIpc) is 2.87. The van der Waals surface area contributed by atoms with E-state index in [-0.39, 0.29) is 0 Å². The highest BCUT2D eigenvalue weighted by atomic mass is 16.5. The Morgan fingerprint density at radius 3 is 2.90 bits per heavy atom. The zero-order chi connectivity index (χ0) is 14.7. The molecule has 0 radical (unpaired) electrons. The molecule has 1 heterocycles. The summed E-state index contributed by atoms with van der Waals surface area (Å²) in [5, 5.41) is 3.50. The molecule has 0 aromatic heterocycles. The van der Waals surface area contributed by atoms with E-state index in [1.54, 1.807) is 0 Å². The second-order valence-electron chi connectivity index (χ2n) is 5.79. The van der Waals surface area contributed by atoms with Gasteiger partial charge in [-0.05, 0) is 54.3 Å². The van der Waals surface area contributed by atoms with Gasteiger partial charge in [0.1, 0.15) is 11.9 Å². The lowest BCUT2D eigenvalue weighted by molar-refractivity contribution is 0.254. The summed E-state index contributed by atoms with van der Waals surface area (Å²) in [6, 6.07) is 15.2. The molecular formula is C19H23NO. The second kappa shape index (κ2) is 6.31. The molecule has 1 unspecified atom stereocenters. The van der Waals surface area contributed by atoms with Crippen LogP contribution in [0.2, 0.25) is 0 Å². The molecule has 0 fully saturated rings. The number of hydrogen-bond acceptors (Lipinski definition) is 2. The van der Waals surface area contributed by atoms with Crippen molar-refractivity contribution in [3.8, 4) is 16.9 Å². The monoisotopic (exact) mass is 281 g/mol. The van der Waals surface area contributed by atoms with E-state index in [0.29, 0.717) is 6.10 Å². The quantitative estimate of drug-likeness (QED) is 0.830. The van der Waals surface area contributed by atoms with E-state index < -0.39 is 0 Å². The number of nitrogens with one attached hydrogen (secondary N) is 1. The SMILES string of the molecule is CCCNCc1ccccc1-c1ccc2c(c1)CC(C)O2. The van der Waals surface area contributed by atoms with Gasteiger partial charge in [-0.3, -0.25) is 0 Å². The van der Waals surface area contributed by atoms with Crippen LogP contribution in [0.15, 0.2) is 42.5 Å². The van der Waals surface area contributed by atoms with E-state index in [0.717, 1.165) is 31.7 Å². The molecule has 2 heteroatoms. The Bertz CT molecular complexity index is 621. The minimum Gasteiger partial charge on any atom is -0.490 e. The zero-order valence-corrected chi connectivity index (χ0v) is 12.9. The zero-order valence-electron chi connectivity index (χ0n) is 12.9. The molecule has 0 aliphatic carbocycles. The maximum absolute atomic E-state index is 5.79. The molecule has 0 bridgehead atoms. The van der Waals surface area contributed by atoms with Crippen molar-refractivity contribution in [3.05, 3.63) is 53.6 Å². The van der Waals surface area contributed by atoms with Crippen LogP contribution in [-0.4, -0.2) is 12.6 Å². The van der Waals surface area contributed by atoms with Gasteiger partial charge in [0, 0.05) is 13.0 Å². The molecular weight excluding hydrogens is 258 g/mol. The lowest BCUT2D eigenvalue weighted by Crippen LogP contribution is -2.14. The van der Waals surface area contributed by atoms with Crippen molar-refractivity contribution in [1.82, 2.24) is 5.32 Å². The minimum atomic E-state index is 0.303. The van der Waals surface area contributed by atoms with Gasteiger partial charge in [-0.15, -0.1) is 0 Å². The number of hydrogen-bond donors (Lipinski definition) is 1. The van der Waals surface area contributed by atoms with E-state index >= 15 is 0 Å². The Morgan fingerprint density at radius 1 is 1.19 bits per heavy atom. The Balaban J connectivity index is 1.88. The average molecular weight is 281 g/mol. The molecule has 110 valence electrons. The molecule has 2 nitrogen and oxygen atoms in total. The van der Waals surface area contributed by atoms with Crippen LogP contribution in [0.4, 0.5) is 0 Å². The summed E-state index contributed by atoms with van der Waals surface area (Å²) >= 11 is 0. The third kappa shape index (κ3) is 3.11. The first kappa shape index (κ1) is 14.2. The highest BCUT2D eigenvalue weighted by Crippen LogP contribution is 2.33. The van der Waals surface area contributed by atoms with Crippen LogP contribution >= 0.6 is 0 Å². The van der Waals surface area contributed by atoms with Crippen LogP contribution in [0.1, 0.15) is 31.4 Å². The molecule has 0 amide bonds. The lowest BCUT2D eigenvalue weighted by Gasteiger charge is -2.11. The number of fused-ring (bicyclic) bond motifs is 1. The third-order valence-corrected chi connectivity index (χ3v) is 3.97. The van der Waals surface area contributed by atoms with Crippen molar-refractivity contribution in [2.45, 2.75) is 39.3 Å². The first-order valence-corrected chi connectivity index (χ1v) is 7.86. The predicted molar refractivity (Wildman–Crippen MR) is 87.7 cm³/mol. The number of ether oxygens (including phenoxy) is 1. The Morgan fingerprint density at radius 2 is 2.05 bits per heavy atom. The van der Waals surface area contributed by atoms with Crippen LogP contribution in [0.3, 0.4) is 0 Å². The predicted octanol–water partition coefficient (Wildman–Crippen LogP) is 4.18. The van der Waals surface area contributed by atoms with Gasteiger partial charge in [0.05, 0.1) is 0 Å². The summed E-state index contributed by atoms with van der Waals surface area (Å²) in [5.41, 5.74) is 5.30. The largest absolute Gasteiger partial charge is 0.490 e. The first-order chi connectivity index (χ1) is 10.3. The van der Waals surface area contributed by atoms with Crippen molar-refractivity contribution >= 4 is 0 Å². The van der Waals surface area contributed by atoms with Gasteiger partial charge in [0.2, 0.25) is 0 Å². The molecule has 1 atom stereocenters. The van der Waals surface area contributed by atoms with Gasteiger partial charge in [0.25, 0.3) is 0 Å². The molecule has 2 aromatic rings. The molecule has 3 rings (SSSR count). The van der Waals surface area contributed by atoms with E-state index in [4.69, 9.17) is 4.74 Å². The molecule has 0 saturated heterocycles. The Labute approximate surface area is 127 Å². The van der Waals surface area contributed by atoms with E-state index in [9.17, 15) is 0 Å². The first-order valence-electron chi connectivity index (χ1n) is 7.86. The topological polar surface area (TPSA) is 21.3 Å². The normalized spacial score (nSPS) is 16.6. The lowest BCUT2D eigenvalue weighted by atomic mass is 9.97. The molecule has 0 spiro atoms. The van der Waals surface area contributed by atoms with Crippen LogP contribution in [0, 0.1) is 0 Å². The standard InChI is InChI=1S/C19H23NO/c1-3-10-20-13-16-6-4-5-7-18(16)15-8-9-19-17(12-15)11-14(2)21-19/h4-9,12,14,20H,3,10-11,13H2,1-2H3. The van der Waals surface area contributed by atoms with Crippen LogP contribution < -0.4 is 10.1 Å². The fraction of sp³-hybridized carbons (Fsp3) is 0.368. The molecule has 0 saturated carbocycles. The number of benzene rings is 2. The van der Waals surface area contributed by atoms with Crippen LogP contribution in [0.5, 0.6) is 5.75 Å². The highest BCUT2D eigenvalue weighted by molar-refractivity contribution is 5.69. The van der Waals surface area contributed by atoms with Gasteiger partial charge in [-0.1, -0.05) is 37.3 Å². The van der Waals surface area contributed by atoms with E-state index in [1.165, 1.54) is 22.3 Å². The molecule has 1 N–H and O–H groups in total. The fourth-order valence-electron chi connectivity index (χ4n) is 2.95. The summed E-state index contributed by atoms with van der Waals surface area (Å²) < 4.78 is 5.79. The van der Waals surface area contributed by atoms with Crippen LogP contribution in [-0.2, 0) is 13.0 Å². The summed E-state index contributed by atoms with van der Waals surface area (Å²) in [7, 11) is 0. The van der Waals surface area contributed by atoms with E-state index in [2.05, 4.69) is 61.6 Å². The van der Waals surface area contributed by atoms with Crippen molar-refractivity contribution in [2.75, 3.05) is 6.54 Å². The summed E-state index contributed by atoms with van der Waals surface area (Å²) in [6.07, 6.45) is 2.48. The van der Waals surface area contributed by atoms with Gasteiger partial charge in [0.15, 0.2) is 0 Å². The second-order valence-corrected chi connectivity index (χ2v) is 5.79. The molecule has 21 heavy (non-hydrogen) atoms. The maximum atomic E-state index is 5.79. The molecule has 2 aromatic carbocycles. The smallest absolute Gasteiger partial charge is 0.123 e. The Kier molecular flexibility index (Phi) is 4.26. The van der Waals surface area contributed by atoms with Crippen molar-refractivity contribution in [3.63, 3.8) is 0 Å². The van der Waals surface area contributed by atoms with Gasteiger partial charge >= 0.3 is 0 Å². The van der Waals surface area contributed by atoms with Crippen molar-refractivity contribution in [1.29, 1.82) is 0 Å². The summed E-state index contributed by atoms with van der Waals surface area (Å²) in [5.74, 6) is 1.05. The highest BCUT2D eigenvalue weighted by Gasteiger charge is 2.19. The van der Waals surface area contributed by atoms with E-state index in [1.807, 2.05) is 0 Å². The fourth-order valence-corrected chi connectivity index (χ4v) is 2.95. The van der Waals surface area contributed by atoms with Gasteiger partial charge in [-0.2, -0.15) is 0 Å². The van der Waals surface area contributed by atoms with Crippen LogP contribution in [0.25, 0.3) is 11.1 Å². The number of rotatable bonds is 5. The maximum Gasteiger partial charge on any atom is 0.123 e. The summed E-state index contributed by atoms with van der Waals surface area (Å²) in [4.78, 5) is 0. The van der Waals surface area contributed by atoms with Gasteiger partial charge < -0.3 is 10.1 Å². The Hall–Kier alpha value is -1.80. The van der Waals surface area contributed by atoms with Gasteiger partial charge in [-0.25, -0.2) is 0 Å². The molecule has 1 aliphatic rings. The van der Waals surface area contributed by atoms with Crippen molar-refractivity contribution < 1.29 is 4.74 Å². The minimum absolute atomic E-state index is 0.303. The third-order valence-electron chi connectivity index (χ3n) is 3.97.